The topological polar surface area (TPSA) is 568 Å². The van der Waals surface area contributed by atoms with Crippen LogP contribution in [0.1, 0.15) is 178 Å². The van der Waals surface area contributed by atoms with Gasteiger partial charge in [-0.1, -0.05) is 75.2 Å². The van der Waals surface area contributed by atoms with Gasteiger partial charge in [0.2, 0.25) is 65.1 Å². The number of amides is 9. The molecule has 40 heteroatoms. The van der Waals surface area contributed by atoms with Crippen molar-refractivity contribution in [2.45, 2.75) is 221 Å². The summed E-state index contributed by atoms with van der Waals surface area (Å²) >= 11 is 14.6. The number of aliphatic hydroxyl groups is 8. The molecule has 9 amide bonds. The van der Waals surface area contributed by atoms with Crippen molar-refractivity contribution in [2.24, 2.45) is 35.3 Å². The van der Waals surface area contributed by atoms with Crippen molar-refractivity contribution in [2.75, 3.05) is 53.0 Å². The molecular formula is C93H114Cl2N12O26. The molecule has 15 bridgehead atoms. The van der Waals surface area contributed by atoms with Gasteiger partial charge < -0.3 is 143 Å². The first-order chi connectivity index (χ1) is 63.4. The lowest BCUT2D eigenvalue weighted by Gasteiger charge is -2.54. The summed E-state index contributed by atoms with van der Waals surface area (Å²) in [6.45, 7) is 12.0. The van der Waals surface area contributed by atoms with Gasteiger partial charge in [-0.3, -0.25) is 48.5 Å². The molecule has 0 radical (unpaired) electrons. The molecule has 7 aliphatic heterocycles. The Labute approximate surface area is 775 Å². The number of likely N-dealkylation sites (N-methyl/N-ethyl adjacent to an activating group) is 3. The summed E-state index contributed by atoms with van der Waals surface area (Å²) in [5.41, 5.74) is 3.24. The highest BCUT2D eigenvalue weighted by Crippen LogP contribution is 2.56. The highest BCUT2D eigenvalue weighted by molar-refractivity contribution is 6.32. The monoisotopic (exact) mass is 1880 g/mol. The smallest absolute Gasteiger partial charge is 0.257 e. The number of halogens is 2. The minimum absolute atomic E-state index is 0.0300. The molecule has 716 valence electrons. The van der Waals surface area contributed by atoms with Crippen LogP contribution in [0.2, 0.25) is 10.0 Å². The van der Waals surface area contributed by atoms with Crippen LogP contribution in [0.25, 0.3) is 11.1 Å². The SMILES string of the molecule is CCNCCOCc1cc(OCCNCC)cc(C(=O)NC(=O)C[C@@H]2NC(=O)[C@H](NC(=O)[C@@H](CC(C)C)NC)[C@H](O)c3ccc(c(Cl)c3)Oc3cc4cc(c3O[C@@H]3O[C@H](CO)[C@@H](O)[C@H](O)[C@H]3O[C@H]3C[C@](C)(N)[C@H](O)[C@H](C)O3)Oc3ccc(cc3Cl)[C@@H](O)[C@@H]3NC(=O)[C@H](NC(=O)[C@@H]4NC2=O)c2ccc4c(c2)-c2c(cc(O)cc2C4(O)O)[C@@H](C(=O)NC2C4CC5CC(C4)CC2C5)NC3=O)c1. The molecule has 0 spiro atoms. The highest BCUT2D eigenvalue weighted by atomic mass is 35.5. The summed E-state index contributed by atoms with van der Waals surface area (Å²) in [5.74, 6) is -16.1. The number of fused-ring (bicyclic) bond motifs is 12. The number of benzene rings is 6. The highest BCUT2D eigenvalue weighted by Gasteiger charge is 2.54. The Morgan fingerprint density at radius 3 is 1.93 bits per heavy atom. The molecule has 18 rings (SSSR count). The summed E-state index contributed by atoms with van der Waals surface area (Å²) < 4.78 is 51.3. The van der Waals surface area contributed by atoms with Gasteiger partial charge in [0, 0.05) is 47.8 Å². The third-order valence-electron chi connectivity index (χ3n) is 26.3. The number of carbonyl (C=O) groups is 9. The lowest BCUT2D eigenvalue weighted by Crippen LogP contribution is -2.64. The molecule has 6 fully saturated rings. The molecule has 22 N–H and O–H groups in total. The first kappa shape index (κ1) is 97.2. The van der Waals surface area contributed by atoms with E-state index in [4.69, 9.17) is 66.8 Å². The summed E-state index contributed by atoms with van der Waals surface area (Å²) in [4.78, 5) is 141. The number of aliphatic hydroxyl groups excluding tert-OH is 6. The molecule has 18 atom stereocenters. The molecule has 0 aromatic heterocycles. The number of rotatable bonds is 26. The van der Waals surface area contributed by atoms with Gasteiger partial charge in [0.05, 0.1) is 54.5 Å². The van der Waals surface area contributed by atoms with Gasteiger partial charge in [-0.2, -0.15) is 0 Å². The van der Waals surface area contributed by atoms with Crippen molar-refractivity contribution in [3.63, 3.8) is 0 Å². The van der Waals surface area contributed by atoms with Crippen LogP contribution in [-0.4, -0.2) is 237 Å². The second-order valence-electron chi connectivity index (χ2n) is 36.5. The van der Waals surface area contributed by atoms with E-state index in [9.17, 15) is 55.5 Å². The molecule has 4 saturated carbocycles. The molecule has 7 heterocycles. The number of hydrogen-bond donors (Lipinski definition) is 21. The average molecular weight is 1890 g/mol. The maximum Gasteiger partial charge on any atom is 0.257 e. The van der Waals surface area contributed by atoms with Gasteiger partial charge in [-0.15, -0.1) is 0 Å². The Hall–Kier alpha value is -10.3. The number of nitrogens with one attached hydrogen (secondary N) is 11. The standard InChI is InChI=1S/C93H114Cl2N12O26/c1-8-98-16-18-126-39-44-26-51(28-53(27-44)127-19-17-99-9-2)83(116)101-67(110)36-61-85(118)103-72-50-32-64(129-62-14-11-46(30-58(62)94)76(111)74(89(122)100-61)106-84(117)60(97-7)20-40(3)4)80(133-91-81(79(114)78(113)66(38-108)131-91)132-68-37-92(6,96)82(115)41(5)128-68)65(33-50)130-63-15-12-47(31-59(63)95)77(112)75-90(123)105-73(88(121)102-70-48-22-42-21-43(24-48)25-49(70)23-42)55-34-52(109)35-57-69(55)54-29-45(10-13-56(54)93(57,124)125)71(86(119)107-75)104-87(72)120/h10-15,26-35,40-43,48-49,60-61,66,68,70-79,81-82,91,97-99,108-109,111-115,124-125H,8-9,16-25,36-39,96H2,1-7H3,(H,100,122)(H,102,121)(H,103,118)(H,104,120)(H,105,123)(H,106,117)(H,107,119)(H,101,110,116)/t41-,42?,43?,48?,49?,60+,61-,66+,68-,70?,71+,72+,73-,74+,75-,76+,77+,78+,79-,81+,82+,91-,92-/m0/s1. The van der Waals surface area contributed by atoms with Gasteiger partial charge in [0.15, 0.2) is 23.9 Å². The Morgan fingerprint density at radius 2 is 1.30 bits per heavy atom. The molecule has 12 aliphatic rings. The van der Waals surface area contributed by atoms with E-state index in [1.807, 2.05) is 27.7 Å². The van der Waals surface area contributed by atoms with Crippen molar-refractivity contribution >= 4 is 76.4 Å². The van der Waals surface area contributed by atoms with Crippen LogP contribution >= 0.6 is 23.2 Å². The minimum Gasteiger partial charge on any atom is -0.508 e. The van der Waals surface area contributed by atoms with E-state index in [0.717, 1.165) is 68.5 Å². The molecule has 2 saturated heterocycles. The zero-order valence-corrected chi connectivity index (χ0v) is 75.6. The lowest BCUT2D eigenvalue weighted by atomic mass is 9.54. The van der Waals surface area contributed by atoms with Crippen LogP contribution in [-0.2, 0) is 69.7 Å². The van der Waals surface area contributed by atoms with Crippen LogP contribution in [0.4, 0.5) is 0 Å². The van der Waals surface area contributed by atoms with Gasteiger partial charge in [-0.25, -0.2) is 0 Å². The summed E-state index contributed by atoms with van der Waals surface area (Å²) in [5, 5.41) is 138. The van der Waals surface area contributed by atoms with Crippen LogP contribution in [0.3, 0.4) is 0 Å². The number of hydrogen-bond acceptors (Lipinski definition) is 30. The number of nitrogens with two attached hydrogens (primary N) is 1. The first-order valence-corrected chi connectivity index (χ1v) is 45.6. The van der Waals surface area contributed by atoms with Crippen molar-refractivity contribution in [3.05, 3.63) is 157 Å². The number of carbonyl (C=O) groups excluding carboxylic acids is 9. The molecule has 6 aromatic rings. The molecule has 38 nitrogen and oxygen atoms in total. The van der Waals surface area contributed by atoms with Crippen molar-refractivity contribution < 1.29 is 127 Å². The Balaban J connectivity index is 0.915. The molecule has 5 aliphatic carbocycles. The lowest BCUT2D eigenvalue weighted by molar-refractivity contribution is -0.333. The molecule has 133 heavy (non-hydrogen) atoms. The summed E-state index contributed by atoms with van der Waals surface area (Å²) in [7, 11) is 1.48. The summed E-state index contributed by atoms with van der Waals surface area (Å²) in [6.07, 6.45) is -14.7. The number of phenols is 1. The number of imide groups is 1. The fraction of sp³-hybridized carbons (Fsp3) is 0.516. The normalized spacial score (nSPS) is 29.9. The molecule has 0 unspecified atom stereocenters. The zero-order chi connectivity index (χ0) is 95.1. The summed E-state index contributed by atoms with van der Waals surface area (Å²) in [6, 6.07) is 4.89. The second-order valence-corrected chi connectivity index (χ2v) is 37.3. The van der Waals surface area contributed by atoms with E-state index in [1.165, 1.54) is 75.5 Å². The quantitative estimate of drug-likeness (QED) is 0.0274. The first-order valence-electron chi connectivity index (χ1n) is 44.8. The van der Waals surface area contributed by atoms with Crippen LogP contribution in [0.15, 0.2) is 97.1 Å². The zero-order valence-electron chi connectivity index (χ0n) is 74.1. The maximum atomic E-state index is 16.9. The van der Waals surface area contributed by atoms with Gasteiger partial charge in [-0.05, 0) is 219 Å². The van der Waals surface area contributed by atoms with Gasteiger partial charge >= 0.3 is 0 Å². The van der Waals surface area contributed by atoms with Gasteiger partial charge in [0.1, 0.15) is 96.4 Å². The van der Waals surface area contributed by atoms with E-state index in [-0.39, 0.29) is 123 Å². The van der Waals surface area contributed by atoms with E-state index in [0.29, 0.717) is 43.6 Å². The third kappa shape index (κ3) is 20.9. The Morgan fingerprint density at radius 1 is 0.669 bits per heavy atom. The van der Waals surface area contributed by atoms with Crippen LogP contribution < -0.4 is 83.2 Å². The number of ether oxygens (including phenoxy) is 8. The average Bonchev–Trinajstić information content (AvgIpc) is 1.56. The van der Waals surface area contributed by atoms with Crippen molar-refractivity contribution in [1.82, 2.24) is 58.5 Å². The van der Waals surface area contributed by atoms with E-state index >= 15 is 33.6 Å². The van der Waals surface area contributed by atoms with Crippen LogP contribution in [0.5, 0.6) is 40.2 Å². The Kier molecular flexibility index (Phi) is 29.8. The minimum atomic E-state index is -3.01. The van der Waals surface area contributed by atoms with E-state index < -0.39 is 220 Å². The van der Waals surface area contributed by atoms with Crippen molar-refractivity contribution in [3.8, 4) is 51.4 Å². The molecular weight excluding hydrogens is 1770 g/mol. The Bertz CT molecular complexity index is 5390. The number of phenolic OH excluding ortho intramolecular Hbond substituents is 1. The van der Waals surface area contributed by atoms with Crippen molar-refractivity contribution in [1.29, 1.82) is 0 Å². The van der Waals surface area contributed by atoms with E-state index in [1.54, 1.807) is 6.07 Å². The third-order valence-corrected chi connectivity index (χ3v) is 26.9. The van der Waals surface area contributed by atoms with Crippen LogP contribution in [0, 0.1) is 29.6 Å². The largest absolute Gasteiger partial charge is 0.508 e. The number of aromatic hydroxyl groups is 1. The van der Waals surface area contributed by atoms with Gasteiger partial charge in [0.25, 0.3) is 5.91 Å². The second kappa shape index (κ2) is 40.7. The fourth-order valence-corrected chi connectivity index (χ4v) is 20.3. The predicted molar refractivity (Wildman–Crippen MR) is 474 cm³/mol. The maximum absolute atomic E-state index is 16.9. The molecule has 6 aromatic carbocycles. The fourth-order valence-electron chi connectivity index (χ4n) is 19.8. The predicted octanol–water partition coefficient (Wildman–Crippen LogP) is 2.64. The van der Waals surface area contributed by atoms with E-state index in [2.05, 4.69) is 58.5 Å².